The summed E-state index contributed by atoms with van der Waals surface area (Å²) < 4.78 is 12.1. The fraction of sp³-hybridized carbons (Fsp3) is 0.333. The van der Waals surface area contributed by atoms with Crippen LogP contribution in [0.4, 0.5) is 0 Å². The van der Waals surface area contributed by atoms with Crippen LogP contribution in [-0.2, 0) is 20.9 Å². The van der Waals surface area contributed by atoms with Crippen molar-refractivity contribution in [3.63, 3.8) is 0 Å². The molecule has 3 N–H and O–H groups in total. The van der Waals surface area contributed by atoms with Crippen molar-refractivity contribution < 1.29 is 29.3 Å². The van der Waals surface area contributed by atoms with E-state index in [-0.39, 0.29) is 6.10 Å². The first-order valence-electron chi connectivity index (χ1n) is 10.2. The van der Waals surface area contributed by atoms with E-state index in [1.165, 1.54) is 11.1 Å². The number of benzene rings is 2. The summed E-state index contributed by atoms with van der Waals surface area (Å²) in [6.45, 7) is 6.75. The number of carbonyl (C=O) groups is 2. The van der Waals surface area contributed by atoms with Crippen molar-refractivity contribution in [1.29, 1.82) is 0 Å². The molecule has 0 aromatic heterocycles. The highest BCUT2D eigenvalue weighted by molar-refractivity contribution is 5.89. The summed E-state index contributed by atoms with van der Waals surface area (Å²) in [5.74, 6) is -1.59. The molecule has 2 aromatic rings. The van der Waals surface area contributed by atoms with Gasteiger partial charge in [-0.15, -0.1) is 0 Å². The molecule has 1 aliphatic heterocycles. The molecule has 1 saturated heterocycles. The Bertz CT molecular complexity index is 871. The van der Waals surface area contributed by atoms with Gasteiger partial charge in [-0.3, -0.25) is 0 Å². The zero-order valence-electron chi connectivity index (χ0n) is 17.8. The number of nitrogens with one attached hydrogen (secondary N) is 1. The predicted octanol–water partition coefficient (Wildman–Crippen LogP) is 3.73. The van der Waals surface area contributed by atoms with Gasteiger partial charge in [-0.05, 0) is 44.0 Å². The number of ether oxygens (including phenoxy) is 2. The van der Waals surface area contributed by atoms with Crippen LogP contribution in [0.15, 0.2) is 60.7 Å². The van der Waals surface area contributed by atoms with E-state index in [1.54, 1.807) is 0 Å². The van der Waals surface area contributed by atoms with Gasteiger partial charge in [0.05, 0.1) is 18.8 Å². The third kappa shape index (κ3) is 8.62. The van der Waals surface area contributed by atoms with Gasteiger partial charge < -0.3 is 25.0 Å². The molecule has 0 saturated carbocycles. The van der Waals surface area contributed by atoms with Gasteiger partial charge in [-0.1, -0.05) is 42.5 Å². The molecule has 1 atom stereocenters. The third-order valence-corrected chi connectivity index (χ3v) is 4.42. The quantitative estimate of drug-likeness (QED) is 0.551. The molecule has 31 heavy (non-hydrogen) atoms. The molecule has 0 aliphatic carbocycles. The Morgan fingerprint density at radius 1 is 1.03 bits per heavy atom. The van der Waals surface area contributed by atoms with Crippen molar-refractivity contribution >= 4 is 11.9 Å². The molecule has 0 unspecified atom stereocenters. The van der Waals surface area contributed by atoms with E-state index in [1.807, 2.05) is 12.1 Å². The lowest BCUT2D eigenvalue weighted by molar-refractivity contribution is -0.134. The summed E-state index contributed by atoms with van der Waals surface area (Å²) in [7, 11) is 0. The Balaban J connectivity index is 0.000000366. The molecule has 1 heterocycles. The van der Waals surface area contributed by atoms with Crippen LogP contribution in [0.2, 0.25) is 0 Å². The van der Waals surface area contributed by atoms with Crippen molar-refractivity contribution in [2.24, 2.45) is 0 Å². The van der Waals surface area contributed by atoms with E-state index >= 15 is 0 Å². The van der Waals surface area contributed by atoms with E-state index in [9.17, 15) is 9.59 Å². The van der Waals surface area contributed by atoms with Crippen LogP contribution in [0, 0.1) is 0 Å². The van der Waals surface area contributed by atoms with Gasteiger partial charge in [0.15, 0.2) is 0 Å². The van der Waals surface area contributed by atoms with Crippen LogP contribution in [-0.4, -0.2) is 47.4 Å². The van der Waals surface area contributed by atoms with Crippen LogP contribution < -0.4 is 10.1 Å². The monoisotopic (exact) mass is 427 g/mol. The van der Waals surface area contributed by atoms with Gasteiger partial charge in [-0.25, -0.2) is 9.59 Å². The Morgan fingerprint density at radius 2 is 1.65 bits per heavy atom. The van der Waals surface area contributed by atoms with E-state index in [2.05, 4.69) is 55.6 Å². The highest BCUT2D eigenvalue weighted by atomic mass is 16.5. The first-order valence-corrected chi connectivity index (χ1v) is 10.2. The maximum atomic E-state index is 9.55. The minimum Gasteiger partial charge on any atom is -0.490 e. The van der Waals surface area contributed by atoms with Crippen LogP contribution in [0.25, 0.3) is 11.1 Å². The normalized spacial score (nSPS) is 15.5. The van der Waals surface area contributed by atoms with Gasteiger partial charge >= 0.3 is 11.9 Å². The van der Waals surface area contributed by atoms with E-state index in [4.69, 9.17) is 19.7 Å². The zero-order chi connectivity index (χ0) is 22.6. The summed E-state index contributed by atoms with van der Waals surface area (Å²) in [5.41, 5.74) is 3.53. The molecule has 166 valence electrons. The topological polar surface area (TPSA) is 105 Å². The fourth-order valence-corrected chi connectivity index (χ4v) is 3.08. The van der Waals surface area contributed by atoms with Crippen LogP contribution in [0.1, 0.15) is 25.8 Å². The maximum Gasteiger partial charge on any atom is 0.328 e. The first-order chi connectivity index (χ1) is 14.9. The molecular formula is C24H29NO6. The molecule has 7 nitrogen and oxygen atoms in total. The van der Waals surface area contributed by atoms with Crippen LogP contribution in [0.5, 0.6) is 5.75 Å². The lowest BCUT2D eigenvalue weighted by Crippen LogP contribution is -2.16. The molecule has 0 radical (unpaired) electrons. The molecule has 3 rings (SSSR count). The van der Waals surface area contributed by atoms with Crippen molar-refractivity contribution in [2.45, 2.75) is 39.1 Å². The minimum absolute atomic E-state index is 0.157. The molecule has 0 amide bonds. The van der Waals surface area contributed by atoms with Gasteiger partial charge in [0.2, 0.25) is 0 Å². The number of para-hydroxylation sites is 1. The van der Waals surface area contributed by atoms with Crippen molar-refractivity contribution in [3.05, 3.63) is 66.2 Å². The highest BCUT2D eigenvalue weighted by Gasteiger charge is 2.16. The Morgan fingerprint density at radius 3 is 2.23 bits per heavy atom. The van der Waals surface area contributed by atoms with Gasteiger partial charge in [0.1, 0.15) is 5.75 Å². The molecule has 0 spiro atoms. The number of carboxylic acid groups (broad SMARTS) is 2. The summed E-state index contributed by atoms with van der Waals surface area (Å²) in [6.07, 6.45) is 2.69. The minimum atomic E-state index is -1.26. The Hall–Kier alpha value is -3.16. The van der Waals surface area contributed by atoms with E-state index in [0.29, 0.717) is 24.9 Å². The summed E-state index contributed by atoms with van der Waals surface area (Å²) >= 11 is 0. The number of hydrogen-bond donors (Lipinski definition) is 3. The molecule has 1 aliphatic rings. The average Bonchev–Trinajstić information content (AvgIpc) is 3.25. The second-order valence-electron chi connectivity index (χ2n) is 7.26. The highest BCUT2D eigenvalue weighted by Crippen LogP contribution is 2.33. The Kier molecular flexibility index (Phi) is 9.74. The first kappa shape index (κ1) is 24.1. The lowest BCUT2D eigenvalue weighted by Gasteiger charge is -2.17. The second kappa shape index (κ2) is 12.5. The number of rotatable bonds is 8. The largest absolute Gasteiger partial charge is 0.490 e. The number of hydrogen-bond acceptors (Lipinski definition) is 5. The smallest absolute Gasteiger partial charge is 0.328 e. The number of carboxylic acids is 2. The van der Waals surface area contributed by atoms with E-state index < -0.39 is 11.9 Å². The zero-order valence-corrected chi connectivity index (χ0v) is 17.8. The predicted molar refractivity (Wildman–Crippen MR) is 118 cm³/mol. The SMILES string of the molecule is CC(C)Oc1ccccc1-c1ccccc1CO[C@H]1CCNC1.O=C(O)C=CC(=O)O. The number of aliphatic carboxylic acids is 2. The van der Waals surface area contributed by atoms with Crippen molar-refractivity contribution in [1.82, 2.24) is 5.32 Å². The third-order valence-electron chi connectivity index (χ3n) is 4.42. The molecule has 0 bridgehead atoms. The summed E-state index contributed by atoms with van der Waals surface area (Å²) in [6, 6.07) is 16.7. The molecule has 1 fully saturated rings. The van der Waals surface area contributed by atoms with Crippen LogP contribution in [0.3, 0.4) is 0 Å². The standard InChI is InChI=1S/C20H25NO2.C4H4O4/c1-15(2)23-20-10-6-5-9-19(20)18-8-4-3-7-16(18)14-22-17-11-12-21-13-17;5-3(6)1-2-4(7)8/h3-10,15,17,21H,11-14H2,1-2H3;1-2H,(H,5,6)(H,7,8)/t17-;/m0./s1. The van der Waals surface area contributed by atoms with Crippen LogP contribution >= 0.6 is 0 Å². The lowest BCUT2D eigenvalue weighted by atomic mass is 9.99. The molecule has 2 aromatic carbocycles. The van der Waals surface area contributed by atoms with Gasteiger partial charge in [-0.2, -0.15) is 0 Å². The molecular weight excluding hydrogens is 398 g/mol. The summed E-state index contributed by atoms with van der Waals surface area (Å²) in [4.78, 5) is 19.1. The molecule has 7 heteroatoms. The van der Waals surface area contributed by atoms with E-state index in [0.717, 1.165) is 30.8 Å². The Labute approximate surface area is 182 Å². The van der Waals surface area contributed by atoms with Gasteiger partial charge in [0.25, 0.3) is 0 Å². The van der Waals surface area contributed by atoms with Gasteiger partial charge in [0, 0.05) is 24.3 Å². The van der Waals surface area contributed by atoms with Crippen molar-refractivity contribution in [3.8, 4) is 16.9 Å². The maximum absolute atomic E-state index is 9.55. The summed E-state index contributed by atoms with van der Waals surface area (Å²) in [5, 5.41) is 19.0. The average molecular weight is 427 g/mol. The second-order valence-corrected chi connectivity index (χ2v) is 7.26. The fourth-order valence-electron chi connectivity index (χ4n) is 3.08. The van der Waals surface area contributed by atoms with Crippen molar-refractivity contribution in [2.75, 3.05) is 13.1 Å².